The highest BCUT2D eigenvalue weighted by Gasteiger charge is 2.43. The smallest absolute Gasteiger partial charge is 0.226 e. The lowest BCUT2D eigenvalue weighted by Gasteiger charge is -2.40. The molecule has 6 nitrogen and oxygen atoms in total. The maximum Gasteiger partial charge on any atom is 0.226 e. The van der Waals surface area contributed by atoms with Crippen LogP contribution in [-0.4, -0.2) is 23.6 Å². The van der Waals surface area contributed by atoms with Crippen molar-refractivity contribution in [2.75, 3.05) is 7.05 Å². The zero-order valence-corrected chi connectivity index (χ0v) is 17.8. The maximum absolute atomic E-state index is 6.48. The molecular formula is C25H28N4O2. The summed E-state index contributed by atoms with van der Waals surface area (Å²) in [4.78, 5) is 9.04. The molecule has 3 aromatic rings. The molecule has 0 amide bonds. The van der Waals surface area contributed by atoms with Crippen molar-refractivity contribution in [1.82, 2.24) is 15.6 Å². The average molecular weight is 417 g/mol. The van der Waals surface area contributed by atoms with Gasteiger partial charge in [0.05, 0.1) is 18.3 Å². The van der Waals surface area contributed by atoms with Crippen molar-refractivity contribution in [2.24, 2.45) is 4.99 Å². The normalized spacial score (nSPS) is 19.6. The van der Waals surface area contributed by atoms with Crippen molar-refractivity contribution in [3.63, 3.8) is 0 Å². The second-order valence-corrected chi connectivity index (χ2v) is 8.37. The van der Waals surface area contributed by atoms with Crippen molar-refractivity contribution in [3.05, 3.63) is 72.1 Å². The van der Waals surface area contributed by atoms with Crippen molar-refractivity contribution in [2.45, 2.75) is 50.3 Å². The van der Waals surface area contributed by atoms with Crippen LogP contribution in [0.3, 0.4) is 0 Å². The summed E-state index contributed by atoms with van der Waals surface area (Å²) < 4.78 is 12.1. The Bertz CT molecular complexity index is 1050. The van der Waals surface area contributed by atoms with Gasteiger partial charge in [0.2, 0.25) is 5.89 Å². The van der Waals surface area contributed by atoms with Gasteiger partial charge in [-0.3, -0.25) is 4.99 Å². The van der Waals surface area contributed by atoms with E-state index in [1.54, 1.807) is 13.3 Å². The number of nitrogens with zero attached hydrogens (tertiary/aromatic N) is 2. The summed E-state index contributed by atoms with van der Waals surface area (Å²) >= 11 is 0. The molecular weight excluding hydrogens is 388 g/mol. The van der Waals surface area contributed by atoms with E-state index in [0.29, 0.717) is 12.4 Å². The molecule has 160 valence electrons. The minimum Gasteiger partial charge on any atom is -0.487 e. The number of rotatable bonds is 4. The highest BCUT2D eigenvalue weighted by atomic mass is 16.5. The number of nitrogens with one attached hydrogen (secondary N) is 2. The molecule has 31 heavy (non-hydrogen) atoms. The summed E-state index contributed by atoms with van der Waals surface area (Å²) in [6, 6.07) is 18.4. The molecule has 6 heteroatoms. The number of ether oxygens (including phenoxy) is 1. The zero-order chi connectivity index (χ0) is 21.1. The topological polar surface area (TPSA) is 71.7 Å². The molecule has 0 radical (unpaired) electrons. The molecule has 2 heterocycles. The zero-order valence-electron chi connectivity index (χ0n) is 17.8. The molecule has 0 bridgehead atoms. The third-order valence-electron chi connectivity index (χ3n) is 6.26. The number of aliphatic imine (C=N–C) groups is 1. The van der Waals surface area contributed by atoms with Crippen molar-refractivity contribution in [1.29, 1.82) is 0 Å². The largest absolute Gasteiger partial charge is 0.487 e. The Hall–Kier alpha value is -3.28. The quantitative estimate of drug-likeness (QED) is 0.470. The number of para-hydroxylation sites is 1. The monoisotopic (exact) mass is 416 g/mol. The predicted molar refractivity (Wildman–Crippen MR) is 121 cm³/mol. The number of guanidine groups is 1. The third kappa shape index (κ3) is 4.15. The summed E-state index contributed by atoms with van der Waals surface area (Å²) in [6.45, 7) is 0.534. The Balaban J connectivity index is 1.27. The van der Waals surface area contributed by atoms with E-state index in [0.717, 1.165) is 42.2 Å². The molecule has 0 saturated heterocycles. The Morgan fingerprint density at radius 1 is 1.10 bits per heavy atom. The van der Waals surface area contributed by atoms with Gasteiger partial charge in [0, 0.05) is 24.6 Å². The second-order valence-electron chi connectivity index (χ2n) is 8.37. The van der Waals surface area contributed by atoms with E-state index in [1.807, 2.05) is 36.4 Å². The van der Waals surface area contributed by atoms with Gasteiger partial charge in [0.25, 0.3) is 0 Å². The van der Waals surface area contributed by atoms with Crippen molar-refractivity contribution >= 4 is 5.96 Å². The second kappa shape index (κ2) is 8.46. The first kappa shape index (κ1) is 19.7. The average Bonchev–Trinajstić information content (AvgIpc) is 3.47. The van der Waals surface area contributed by atoms with Gasteiger partial charge < -0.3 is 19.8 Å². The summed E-state index contributed by atoms with van der Waals surface area (Å²) in [5.41, 5.74) is 2.94. The lowest BCUT2D eigenvalue weighted by atomic mass is 9.86. The minimum absolute atomic E-state index is 0.0540. The first-order valence-electron chi connectivity index (χ1n) is 11.0. The molecule has 1 aliphatic carbocycles. The van der Waals surface area contributed by atoms with Crippen LogP contribution in [0.25, 0.3) is 11.5 Å². The van der Waals surface area contributed by atoms with Crippen LogP contribution in [0, 0.1) is 0 Å². The summed E-state index contributed by atoms with van der Waals surface area (Å²) in [5, 5.41) is 7.01. The van der Waals surface area contributed by atoms with Gasteiger partial charge in [0.1, 0.15) is 17.6 Å². The predicted octanol–water partition coefficient (Wildman–Crippen LogP) is 4.84. The molecule has 2 aromatic carbocycles. The Labute approximate surface area is 182 Å². The van der Waals surface area contributed by atoms with E-state index in [9.17, 15) is 0 Å². The van der Waals surface area contributed by atoms with Gasteiger partial charge in [0.15, 0.2) is 5.96 Å². The van der Waals surface area contributed by atoms with E-state index >= 15 is 0 Å². The lowest BCUT2D eigenvalue weighted by molar-refractivity contribution is 0.0396. The standard InChI is InChI=1S/C25H28N4O2/c1-26-24(27-16-19-17-30-23(28-19)18-9-3-2-4-10-18)29-21-15-25(13-7-8-14-25)31-22-12-6-5-11-20(21)22/h2-6,9-12,17,21H,7-8,13-16H2,1H3,(H2,26,27,29). The minimum atomic E-state index is -0.0540. The molecule has 1 saturated carbocycles. The van der Waals surface area contributed by atoms with Crippen LogP contribution in [0.2, 0.25) is 0 Å². The third-order valence-corrected chi connectivity index (χ3v) is 6.26. The molecule has 5 rings (SSSR count). The molecule has 1 atom stereocenters. The first-order valence-corrected chi connectivity index (χ1v) is 11.0. The van der Waals surface area contributed by atoms with Crippen LogP contribution in [0.4, 0.5) is 0 Å². The van der Waals surface area contributed by atoms with Crippen LogP contribution in [0.5, 0.6) is 5.75 Å². The van der Waals surface area contributed by atoms with Gasteiger partial charge in [-0.05, 0) is 43.9 Å². The fraction of sp³-hybridized carbons (Fsp3) is 0.360. The molecule has 1 fully saturated rings. The van der Waals surface area contributed by atoms with E-state index < -0.39 is 0 Å². The first-order chi connectivity index (χ1) is 15.2. The van der Waals surface area contributed by atoms with Crippen LogP contribution in [-0.2, 0) is 6.54 Å². The van der Waals surface area contributed by atoms with Gasteiger partial charge in [-0.15, -0.1) is 0 Å². The molecule has 2 N–H and O–H groups in total. The van der Waals surface area contributed by atoms with Crippen LogP contribution >= 0.6 is 0 Å². The molecule has 1 spiro atoms. The van der Waals surface area contributed by atoms with E-state index in [-0.39, 0.29) is 11.6 Å². The maximum atomic E-state index is 6.48. The number of aromatic nitrogens is 1. The highest BCUT2D eigenvalue weighted by molar-refractivity contribution is 5.80. The summed E-state index contributed by atoms with van der Waals surface area (Å²) in [6.07, 6.45) is 7.35. The van der Waals surface area contributed by atoms with Crippen LogP contribution < -0.4 is 15.4 Å². The van der Waals surface area contributed by atoms with Crippen molar-refractivity contribution in [3.8, 4) is 17.2 Å². The molecule has 1 aromatic heterocycles. The van der Waals surface area contributed by atoms with Gasteiger partial charge >= 0.3 is 0 Å². The fourth-order valence-corrected chi connectivity index (χ4v) is 4.71. The Morgan fingerprint density at radius 3 is 2.68 bits per heavy atom. The van der Waals surface area contributed by atoms with Crippen LogP contribution in [0.15, 0.2) is 70.3 Å². The SMILES string of the molecule is CN=C(NCc1coc(-c2ccccc2)n1)NC1CC2(CCCC2)Oc2ccccc21. The molecule has 2 aliphatic rings. The van der Waals surface area contributed by atoms with E-state index in [1.165, 1.54) is 18.4 Å². The molecule has 1 aliphatic heterocycles. The lowest BCUT2D eigenvalue weighted by Crippen LogP contribution is -2.46. The highest BCUT2D eigenvalue weighted by Crippen LogP contribution is 2.46. The Kier molecular flexibility index (Phi) is 5.37. The summed E-state index contributed by atoms with van der Waals surface area (Å²) in [7, 11) is 1.80. The van der Waals surface area contributed by atoms with E-state index in [2.05, 4.69) is 38.8 Å². The number of fused-ring (bicyclic) bond motifs is 1. The van der Waals surface area contributed by atoms with Gasteiger partial charge in [-0.2, -0.15) is 0 Å². The van der Waals surface area contributed by atoms with Crippen molar-refractivity contribution < 1.29 is 9.15 Å². The number of benzene rings is 2. The fourth-order valence-electron chi connectivity index (χ4n) is 4.71. The summed E-state index contributed by atoms with van der Waals surface area (Å²) in [5.74, 6) is 2.37. The van der Waals surface area contributed by atoms with E-state index in [4.69, 9.17) is 9.15 Å². The van der Waals surface area contributed by atoms with Crippen LogP contribution in [0.1, 0.15) is 49.4 Å². The number of hydrogen-bond donors (Lipinski definition) is 2. The van der Waals surface area contributed by atoms with Gasteiger partial charge in [-0.25, -0.2) is 4.98 Å². The number of hydrogen-bond acceptors (Lipinski definition) is 4. The number of oxazole rings is 1. The van der Waals surface area contributed by atoms with Gasteiger partial charge in [-0.1, -0.05) is 36.4 Å². The Morgan fingerprint density at radius 2 is 1.87 bits per heavy atom. The molecule has 1 unspecified atom stereocenters.